The largest absolute Gasteiger partial charge is 0.333 e. The van der Waals surface area contributed by atoms with Crippen LogP contribution in [0.3, 0.4) is 0 Å². The van der Waals surface area contributed by atoms with E-state index in [1.165, 1.54) is 11.8 Å². The van der Waals surface area contributed by atoms with Gasteiger partial charge in [-0.15, -0.1) is 0 Å². The van der Waals surface area contributed by atoms with Crippen molar-refractivity contribution in [2.24, 2.45) is 0 Å². The Balaban J connectivity index is 1.66. The molecule has 1 amide bonds. The molecule has 4 nitrogen and oxygen atoms in total. The molecule has 0 radical (unpaired) electrons. The number of anilines is 1. The molecule has 5 heteroatoms. The maximum atomic E-state index is 12.5. The van der Waals surface area contributed by atoms with E-state index < -0.39 is 0 Å². The molecule has 0 spiro atoms. The summed E-state index contributed by atoms with van der Waals surface area (Å²) in [4.78, 5) is 20.1. The second-order valence-corrected chi connectivity index (χ2v) is 7.37. The summed E-state index contributed by atoms with van der Waals surface area (Å²) in [5.41, 5.74) is 5.07. The highest BCUT2D eigenvalue weighted by atomic mass is 32.2. The molecule has 1 atom stereocenters. The Morgan fingerprint density at radius 1 is 1.16 bits per heavy atom. The third kappa shape index (κ3) is 4.31. The second kappa shape index (κ2) is 7.57. The molecule has 25 heavy (non-hydrogen) atoms. The minimum absolute atomic E-state index is 0.0311. The number of benzene rings is 2. The lowest BCUT2D eigenvalue weighted by Gasteiger charge is -2.13. The number of aromatic amines is 1. The first kappa shape index (κ1) is 17.3. The van der Waals surface area contributed by atoms with Crippen LogP contribution >= 0.6 is 11.8 Å². The fraction of sp³-hybridized carbons (Fsp3) is 0.200. The van der Waals surface area contributed by atoms with Crippen molar-refractivity contribution >= 4 is 23.4 Å². The topological polar surface area (TPSA) is 57.8 Å². The average Bonchev–Trinajstić information content (AvgIpc) is 3.07. The number of nitrogens with one attached hydrogen (secondary N) is 2. The van der Waals surface area contributed by atoms with Crippen LogP contribution in [0, 0.1) is 13.8 Å². The third-order valence-electron chi connectivity index (χ3n) is 3.95. The molecule has 0 saturated carbocycles. The van der Waals surface area contributed by atoms with Crippen molar-refractivity contribution in [1.29, 1.82) is 0 Å². The van der Waals surface area contributed by atoms with E-state index in [1.54, 1.807) is 6.20 Å². The number of imidazole rings is 1. The molecule has 0 bridgehead atoms. The van der Waals surface area contributed by atoms with Crippen LogP contribution in [-0.2, 0) is 4.79 Å². The van der Waals surface area contributed by atoms with Crippen molar-refractivity contribution in [2.45, 2.75) is 31.2 Å². The van der Waals surface area contributed by atoms with Gasteiger partial charge in [-0.05, 0) is 43.5 Å². The zero-order valence-corrected chi connectivity index (χ0v) is 15.4. The molecule has 3 rings (SSSR count). The van der Waals surface area contributed by atoms with E-state index in [4.69, 9.17) is 0 Å². The molecule has 1 heterocycles. The van der Waals surface area contributed by atoms with E-state index in [2.05, 4.69) is 15.3 Å². The summed E-state index contributed by atoms with van der Waals surface area (Å²) in [5, 5.41) is 3.49. The van der Waals surface area contributed by atoms with E-state index in [9.17, 15) is 4.79 Å². The highest BCUT2D eigenvalue weighted by Gasteiger charge is 2.17. The summed E-state index contributed by atoms with van der Waals surface area (Å²) in [6.45, 7) is 5.89. The Hall–Kier alpha value is -2.53. The van der Waals surface area contributed by atoms with E-state index in [1.807, 2.05) is 69.3 Å². The summed E-state index contributed by atoms with van der Waals surface area (Å²) in [6.07, 6.45) is 1.80. The van der Waals surface area contributed by atoms with Crippen molar-refractivity contribution in [3.63, 3.8) is 0 Å². The minimum Gasteiger partial charge on any atom is -0.333 e. The van der Waals surface area contributed by atoms with Gasteiger partial charge in [0.05, 0.1) is 17.1 Å². The number of rotatable bonds is 5. The lowest BCUT2D eigenvalue weighted by atomic mass is 10.1. The highest BCUT2D eigenvalue weighted by Crippen LogP contribution is 2.25. The maximum Gasteiger partial charge on any atom is 0.237 e. The van der Waals surface area contributed by atoms with E-state index in [-0.39, 0.29) is 11.2 Å². The van der Waals surface area contributed by atoms with Crippen molar-refractivity contribution in [3.8, 4) is 11.3 Å². The summed E-state index contributed by atoms with van der Waals surface area (Å²) in [5.74, 6) is -0.0311. The van der Waals surface area contributed by atoms with Crippen molar-refractivity contribution in [3.05, 3.63) is 65.9 Å². The second-order valence-electron chi connectivity index (χ2n) is 6.04. The molecule has 0 aliphatic carbocycles. The molecular weight excluding hydrogens is 330 g/mol. The van der Waals surface area contributed by atoms with Crippen LogP contribution in [0.4, 0.5) is 5.69 Å². The van der Waals surface area contributed by atoms with E-state index >= 15 is 0 Å². The van der Waals surface area contributed by atoms with Gasteiger partial charge in [0.15, 0.2) is 5.16 Å². The highest BCUT2D eigenvalue weighted by molar-refractivity contribution is 8.00. The van der Waals surface area contributed by atoms with Crippen LogP contribution in [0.2, 0.25) is 0 Å². The molecule has 0 fully saturated rings. The SMILES string of the molecule is Cc1ccc(C)c(NC(=O)[C@@H](C)Sc2ncc(-c3ccccc3)[nH]2)c1. The third-order valence-corrected chi connectivity index (χ3v) is 4.94. The van der Waals surface area contributed by atoms with Crippen LogP contribution in [0.25, 0.3) is 11.3 Å². The van der Waals surface area contributed by atoms with Crippen LogP contribution in [-0.4, -0.2) is 21.1 Å². The molecule has 0 unspecified atom stereocenters. The molecule has 1 aromatic heterocycles. The Bertz CT molecular complexity index is 874. The standard InChI is InChI=1S/C20H21N3OS/c1-13-9-10-14(2)17(11-13)22-19(24)15(3)25-20-21-12-18(23-20)16-7-5-4-6-8-16/h4-12,15H,1-3H3,(H,21,23)(H,22,24)/t15-/m1/s1. The molecule has 2 aromatic carbocycles. The zero-order valence-electron chi connectivity index (χ0n) is 14.5. The molecule has 0 aliphatic rings. The Morgan fingerprint density at radius 2 is 1.92 bits per heavy atom. The van der Waals surface area contributed by atoms with Gasteiger partial charge in [0.2, 0.25) is 5.91 Å². The fourth-order valence-electron chi connectivity index (χ4n) is 2.45. The first-order valence-electron chi connectivity index (χ1n) is 8.18. The summed E-state index contributed by atoms with van der Waals surface area (Å²) < 4.78 is 0. The Morgan fingerprint density at radius 3 is 2.68 bits per heavy atom. The molecule has 0 aliphatic heterocycles. The lowest BCUT2D eigenvalue weighted by molar-refractivity contribution is -0.115. The lowest BCUT2D eigenvalue weighted by Crippen LogP contribution is -2.23. The number of aryl methyl sites for hydroxylation is 2. The summed E-state index contributed by atoms with van der Waals surface area (Å²) >= 11 is 1.42. The molecule has 2 N–H and O–H groups in total. The van der Waals surface area contributed by atoms with Crippen LogP contribution in [0.15, 0.2) is 59.9 Å². The van der Waals surface area contributed by atoms with Gasteiger partial charge in [-0.25, -0.2) is 4.98 Å². The minimum atomic E-state index is -0.255. The average molecular weight is 351 g/mol. The van der Waals surface area contributed by atoms with Gasteiger partial charge in [-0.1, -0.05) is 54.2 Å². The predicted molar refractivity (Wildman–Crippen MR) is 104 cm³/mol. The molecular formula is C20H21N3OS. The van der Waals surface area contributed by atoms with Crippen LogP contribution in [0.1, 0.15) is 18.1 Å². The number of aromatic nitrogens is 2. The van der Waals surface area contributed by atoms with Gasteiger partial charge in [-0.3, -0.25) is 4.79 Å². The first-order valence-corrected chi connectivity index (χ1v) is 9.06. The Kier molecular flexibility index (Phi) is 5.24. The molecule has 3 aromatic rings. The fourth-order valence-corrected chi connectivity index (χ4v) is 3.24. The maximum absolute atomic E-state index is 12.5. The number of carbonyl (C=O) groups is 1. The van der Waals surface area contributed by atoms with Gasteiger partial charge in [-0.2, -0.15) is 0 Å². The van der Waals surface area contributed by atoms with Crippen molar-refractivity contribution < 1.29 is 4.79 Å². The van der Waals surface area contributed by atoms with Gasteiger partial charge >= 0.3 is 0 Å². The van der Waals surface area contributed by atoms with Crippen molar-refractivity contribution in [2.75, 3.05) is 5.32 Å². The number of H-pyrrole nitrogens is 1. The van der Waals surface area contributed by atoms with Gasteiger partial charge in [0.25, 0.3) is 0 Å². The Labute approximate surface area is 152 Å². The van der Waals surface area contributed by atoms with E-state index in [0.717, 1.165) is 33.2 Å². The van der Waals surface area contributed by atoms with Crippen LogP contribution < -0.4 is 5.32 Å². The summed E-state index contributed by atoms with van der Waals surface area (Å²) in [6, 6.07) is 16.1. The van der Waals surface area contributed by atoms with Crippen molar-refractivity contribution in [1.82, 2.24) is 9.97 Å². The van der Waals surface area contributed by atoms with Gasteiger partial charge < -0.3 is 10.3 Å². The zero-order chi connectivity index (χ0) is 17.8. The number of thioether (sulfide) groups is 1. The monoisotopic (exact) mass is 351 g/mol. The summed E-state index contributed by atoms with van der Waals surface area (Å²) in [7, 11) is 0. The molecule has 128 valence electrons. The van der Waals surface area contributed by atoms with Gasteiger partial charge in [0.1, 0.15) is 0 Å². The number of nitrogens with zero attached hydrogens (tertiary/aromatic N) is 1. The number of carbonyl (C=O) groups excluding carboxylic acids is 1. The molecule has 0 saturated heterocycles. The van der Waals surface area contributed by atoms with E-state index in [0.29, 0.717) is 0 Å². The number of amides is 1. The normalized spacial score (nSPS) is 12.0. The predicted octanol–water partition coefficient (Wildman–Crippen LogP) is 4.81. The number of hydrogen-bond acceptors (Lipinski definition) is 3. The smallest absolute Gasteiger partial charge is 0.237 e. The quantitative estimate of drug-likeness (QED) is 0.648. The first-order chi connectivity index (χ1) is 12.0. The number of hydrogen-bond donors (Lipinski definition) is 2. The van der Waals surface area contributed by atoms with Crippen LogP contribution in [0.5, 0.6) is 0 Å². The van der Waals surface area contributed by atoms with Gasteiger partial charge in [0, 0.05) is 5.69 Å².